The van der Waals surface area contributed by atoms with E-state index in [2.05, 4.69) is 9.88 Å². The van der Waals surface area contributed by atoms with E-state index >= 15 is 0 Å². The fourth-order valence-electron chi connectivity index (χ4n) is 3.36. The fraction of sp³-hybridized carbons (Fsp3) is 0.476. The summed E-state index contributed by atoms with van der Waals surface area (Å²) in [5, 5.41) is 10.3. The van der Waals surface area contributed by atoms with Gasteiger partial charge in [-0.2, -0.15) is 0 Å². The summed E-state index contributed by atoms with van der Waals surface area (Å²) in [4.78, 5) is 6.44. The number of piperidine rings is 1. The number of aliphatic hydroxyl groups is 1. The Morgan fingerprint density at radius 1 is 1.06 bits per heavy atom. The van der Waals surface area contributed by atoms with Gasteiger partial charge < -0.3 is 30.9 Å². The van der Waals surface area contributed by atoms with Crippen LogP contribution in [0.2, 0.25) is 0 Å². The molecule has 1 atom stereocenters. The number of pyridine rings is 1. The van der Waals surface area contributed by atoms with Gasteiger partial charge in [0.1, 0.15) is 18.5 Å². The number of aromatic nitrogens is 1. The Hall–Kier alpha value is -1.64. The Balaban J connectivity index is 0.00000300. The van der Waals surface area contributed by atoms with E-state index in [0.717, 1.165) is 31.5 Å². The quantitative estimate of drug-likeness (QED) is 0.482. The maximum atomic E-state index is 10.3. The molecular formula is C21H33Cl3N4O3. The van der Waals surface area contributed by atoms with Gasteiger partial charge in [0.15, 0.2) is 0 Å². The van der Waals surface area contributed by atoms with Crippen molar-refractivity contribution in [1.29, 1.82) is 0 Å². The van der Waals surface area contributed by atoms with Crippen LogP contribution in [-0.2, 0) is 0 Å². The molecule has 3 rings (SSSR count). The second-order valence-electron chi connectivity index (χ2n) is 7.40. The number of nitrogen functional groups attached to an aromatic ring is 2. The molecule has 0 spiro atoms. The standard InChI is InChI=1S/C21H30N4O3.3ClH/c1-15-5-6-18(21(23)20(15)22)27-14-17(26)12-25-10-7-16(8-11-25)13-28-19-4-2-3-9-24-19;;;/h2-6,9,16-17,26H,7-8,10-14,22-23H2,1H3;3*1H. The van der Waals surface area contributed by atoms with Gasteiger partial charge >= 0.3 is 0 Å². The molecule has 2 aromatic rings. The van der Waals surface area contributed by atoms with Crippen molar-refractivity contribution in [1.82, 2.24) is 9.88 Å². The van der Waals surface area contributed by atoms with E-state index in [1.54, 1.807) is 12.3 Å². The Labute approximate surface area is 202 Å². The van der Waals surface area contributed by atoms with Crippen LogP contribution in [0.5, 0.6) is 11.6 Å². The molecule has 10 heteroatoms. The Morgan fingerprint density at radius 3 is 2.42 bits per heavy atom. The van der Waals surface area contributed by atoms with Crippen LogP contribution in [0.15, 0.2) is 36.5 Å². The van der Waals surface area contributed by atoms with Crippen LogP contribution in [0.1, 0.15) is 18.4 Å². The van der Waals surface area contributed by atoms with E-state index in [9.17, 15) is 5.11 Å². The number of nitrogens with two attached hydrogens (primary N) is 2. The molecule has 1 aromatic carbocycles. The summed E-state index contributed by atoms with van der Waals surface area (Å²) < 4.78 is 11.4. The van der Waals surface area contributed by atoms with Crippen molar-refractivity contribution in [2.24, 2.45) is 5.92 Å². The normalized spacial score (nSPS) is 15.0. The van der Waals surface area contributed by atoms with Gasteiger partial charge in [0, 0.05) is 18.8 Å². The molecule has 0 radical (unpaired) electrons. The second-order valence-corrected chi connectivity index (χ2v) is 7.40. The van der Waals surface area contributed by atoms with Gasteiger partial charge in [-0.3, -0.25) is 0 Å². The third-order valence-electron chi connectivity index (χ3n) is 5.18. The highest BCUT2D eigenvalue weighted by atomic mass is 35.5. The highest BCUT2D eigenvalue weighted by Gasteiger charge is 2.22. The van der Waals surface area contributed by atoms with Crippen LogP contribution in [0.4, 0.5) is 11.4 Å². The Kier molecular flexibility index (Phi) is 13.7. The van der Waals surface area contributed by atoms with E-state index < -0.39 is 6.10 Å². The number of ether oxygens (including phenoxy) is 2. The van der Waals surface area contributed by atoms with Crippen molar-refractivity contribution in [2.75, 3.05) is 44.3 Å². The summed E-state index contributed by atoms with van der Waals surface area (Å²) >= 11 is 0. The van der Waals surface area contributed by atoms with Gasteiger partial charge in [-0.05, 0) is 56.5 Å². The average Bonchev–Trinajstić information content (AvgIpc) is 2.72. The number of rotatable bonds is 8. The smallest absolute Gasteiger partial charge is 0.213 e. The van der Waals surface area contributed by atoms with Crippen molar-refractivity contribution in [2.45, 2.75) is 25.9 Å². The summed E-state index contributed by atoms with van der Waals surface area (Å²) in [6.45, 7) is 5.23. The van der Waals surface area contributed by atoms with Gasteiger partial charge in [-0.15, -0.1) is 37.2 Å². The molecule has 1 fully saturated rings. The van der Waals surface area contributed by atoms with Crippen molar-refractivity contribution < 1.29 is 14.6 Å². The molecular weight excluding hydrogens is 463 g/mol. The van der Waals surface area contributed by atoms with Gasteiger partial charge in [0.25, 0.3) is 0 Å². The molecule has 5 N–H and O–H groups in total. The first kappa shape index (κ1) is 29.4. The maximum Gasteiger partial charge on any atom is 0.213 e. The predicted molar refractivity (Wildman–Crippen MR) is 132 cm³/mol. The monoisotopic (exact) mass is 494 g/mol. The van der Waals surface area contributed by atoms with E-state index in [-0.39, 0.29) is 43.8 Å². The Bertz CT molecular complexity index is 763. The van der Waals surface area contributed by atoms with E-state index in [0.29, 0.717) is 42.1 Å². The van der Waals surface area contributed by atoms with Gasteiger partial charge in [-0.1, -0.05) is 12.1 Å². The molecule has 1 unspecified atom stereocenters. The summed E-state index contributed by atoms with van der Waals surface area (Å²) in [6, 6.07) is 9.33. The highest BCUT2D eigenvalue weighted by Crippen LogP contribution is 2.30. The van der Waals surface area contributed by atoms with E-state index in [4.69, 9.17) is 20.9 Å². The SMILES string of the molecule is Cc1ccc(OCC(O)CN2CCC(COc3ccccn3)CC2)c(N)c1N.Cl.Cl.Cl. The molecule has 0 aliphatic carbocycles. The first-order chi connectivity index (χ1) is 13.5. The number of nitrogens with zero attached hydrogens (tertiary/aromatic N) is 2. The lowest BCUT2D eigenvalue weighted by molar-refractivity contribution is 0.0503. The zero-order valence-corrected chi connectivity index (χ0v) is 20.1. The largest absolute Gasteiger partial charge is 0.489 e. The number of hydrogen-bond acceptors (Lipinski definition) is 7. The van der Waals surface area contributed by atoms with Crippen molar-refractivity contribution in [3.63, 3.8) is 0 Å². The first-order valence-corrected chi connectivity index (χ1v) is 9.74. The molecule has 2 heterocycles. The van der Waals surface area contributed by atoms with Gasteiger partial charge in [0.05, 0.1) is 18.0 Å². The molecule has 0 amide bonds. The van der Waals surface area contributed by atoms with Crippen LogP contribution in [0.3, 0.4) is 0 Å². The zero-order valence-electron chi connectivity index (χ0n) is 17.6. The Morgan fingerprint density at radius 2 is 1.77 bits per heavy atom. The molecule has 31 heavy (non-hydrogen) atoms. The van der Waals surface area contributed by atoms with Crippen molar-refractivity contribution in [3.8, 4) is 11.6 Å². The minimum absolute atomic E-state index is 0. The lowest BCUT2D eigenvalue weighted by atomic mass is 9.97. The first-order valence-electron chi connectivity index (χ1n) is 9.74. The van der Waals surface area contributed by atoms with Crippen LogP contribution in [0.25, 0.3) is 0 Å². The molecule has 176 valence electrons. The zero-order chi connectivity index (χ0) is 19.9. The summed E-state index contributed by atoms with van der Waals surface area (Å²) in [6.07, 6.45) is 3.24. The number of aliphatic hydroxyl groups excluding tert-OH is 1. The fourth-order valence-corrected chi connectivity index (χ4v) is 3.36. The summed E-state index contributed by atoms with van der Waals surface area (Å²) in [5.41, 5.74) is 13.8. The lowest BCUT2D eigenvalue weighted by Gasteiger charge is -2.32. The molecule has 7 nitrogen and oxygen atoms in total. The number of hydrogen-bond donors (Lipinski definition) is 3. The van der Waals surface area contributed by atoms with Crippen LogP contribution in [0, 0.1) is 12.8 Å². The predicted octanol–water partition coefficient (Wildman–Crippen LogP) is 3.35. The molecule has 0 saturated carbocycles. The van der Waals surface area contributed by atoms with Crippen molar-refractivity contribution in [3.05, 3.63) is 42.1 Å². The van der Waals surface area contributed by atoms with E-state index in [1.807, 2.05) is 31.2 Å². The number of benzene rings is 1. The number of likely N-dealkylation sites (tertiary alicyclic amines) is 1. The van der Waals surface area contributed by atoms with Crippen LogP contribution in [-0.4, -0.2) is 53.9 Å². The van der Waals surface area contributed by atoms with Crippen LogP contribution >= 0.6 is 37.2 Å². The number of anilines is 2. The van der Waals surface area contributed by atoms with Gasteiger partial charge in [-0.25, -0.2) is 4.98 Å². The minimum atomic E-state index is -0.580. The highest BCUT2D eigenvalue weighted by molar-refractivity contribution is 5.86. The molecule has 1 saturated heterocycles. The number of halogens is 3. The third kappa shape index (κ3) is 8.79. The van der Waals surface area contributed by atoms with E-state index in [1.165, 1.54) is 0 Å². The molecule has 0 bridgehead atoms. The topological polar surface area (TPSA) is 107 Å². The maximum absolute atomic E-state index is 10.3. The number of β-amino-alcohol motifs (C(OH)–C–C–N with tert-alkyl or cyclic N) is 1. The summed E-state index contributed by atoms with van der Waals surface area (Å²) in [7, 11) is 0. The molecule has 1 aromatic heterocycles. The molecule has 1 aliphatic heterocycles. The third-order valence-corrected chi connectivity index (χ3v) is 5.18. The van der Waals surface area contributed by atoms with Crippen LogP contribution < -0.4 is 20.9 Å². The number of aryl methyl sites for hydroxylation is 1. The van der Waals surface area contributed by atoms with Crippen molar-refractivity contribution >= 4 is 48.6 Å². The average molecular weight is 496 g/mol. The lowest BCUT2D eigenvalue weighted by Crippen LogP contribution is -2.41. The molecule has 1 aliphatic rings. The second kappa shape index (κ2) is 14.4. The minimum Gasteiger partial charge on any atom is -0.489 e. The van der Waals surface area contributed by atoms with Gasteiger partial charge in [0.2, 0.25) is 5.88 Å². The summed E-state index contributed by atoms with van der Waals surface area (Å²) in [5.74, 6) is 1.71.